The van der Waals surface area contributed by atoms with Crippen molar-refractivity contribution < 1.29 is 4.74 Å². The third-order valence-corrected chi connectivity index (χ3v) is 5.99. The van der Waals surface area contributed by atoms with Gasteiger partial charge in [0.25, 0.3) is 0 Å². The smallest absolute Gasteiger partial charge is 0.122 e. The monoisotopic (exact) mass is 350 g/mol. The predicted octanol–water partition coefficient (Wildman–Crippen LogP) is 4.88. The first-order chi connectivity index (χ1) is 12.8. The lowest BCUT2D eigenvalue weighted by Crippen LogP contribution is -2.44. The Balaban J connectivity index is 1.55. The minimum Gasteiger partial charge on any atom is -0.490 e. The second-order valence-electron chi connectivity index (χ2n) is 7.83. The lowest BCUT2D eigenvalue weighted by molar-refractivity contribution is 0.0918. The molecule has 0 unspecified atom stereocenters. The van der Waals surface area contributed by atoms with E-state index in [1.807, 2.05) is 5.01 Å². The predicted molar refractivity (Wildman–Crippen MR) is 106 cm³/mol. The van der Waals surface area contributed by atoms with Crippen LogP contribution in [0, 0.1) is 5.92 Å². The third-order valence-electron chi connectivity index (χ3n) is 5.99. The number of ether oxygens (including phenoxy) is 1. The van der Waals surface area contributed by atoms with Crippen molar-refractivity contribution in [2.75, 3.05) is 6.54 Å². The zero-order valence-electron chi connectivity index (χ0n) is 15.5. The fourth-order valence-electron chi connectivity index (χ4n) is 4.69. The van der Waals surface area contributed by atoms with Crippen molar-refractivity contribution in [2.24, 2.45) is 11.8 Å². The van der Waals surface area contributed by atoms with E-state index in [0.29, 0.717) is 12.0 Å². The van der Waals surface area contributed by atoms with E-state index in [1.165, 1.54) is 43.2 Å². The number of nitrogens with two attached hydrogens (primary N) is 1. The Morgan fingerprint density at radius 1 is 0.885 bits per heavy atom. The fourth-order valence-corrected chi connectivity index (χ4v) is 4.69. The Kier molecular flexibility index (Phi) is 5.57. The maximum atomic E-state index is 6.43. The molecule has 1 saturated heterocycles. The molecule has 2 aliphatic rings. The molecule has 0 spiro atoms. The average Bonchev–Trinajstić information content (AvgIpc) is 3.17. The summed E-state index contributed by atoms with van der Waals surface area (Å²) in [6.45, 7) is 0.969. The lowest BCUT2D eigenvalue weighted by Gasteiger charge is -2.39. The summed E-state index contributed by atoms with van der Waals surface area (Å²) in [4.78, 5) is 0. The number of rotatable bonds is 5. The van der Waals surface area contributed by atoms with Gasteiger partial charge in [0, 0.05) is 6.54 Å². The molecular formula is C23H30N2O. The van der Waals surface area contributed by atoms with E-state index >= 15 is 0 Å². The van der Waals surface area contributed by atoms with Gasteiger partial charge in [-0.2, -0.15) is 0 Å². The molecule has 1 aliphatic carbocycles. The van der Waals surface area contributed by atoms with Crippen molar-refractivity contribution in [3.63, 3.8) is 0 Å². The van der Waals surface area contributed by atoms with Crippen LogP contribution in [-0.2, 0) is 6.42 Å². The van der Waals surface area contributed by atoms with Gasteiger partial charge in [0.1, 0.15) is 5.75 Å². The highest BCUT2D eigenvalue weighted by atomic mass is 16.5. The molecule has 2 aromatic carbocycles. The maximum absolute atomic E-state index is 6.43. The second kappa shape index (κ2) is 8.24. The molecule has 1 heterocycles. The van der Waals surface area contributed by atoms with Gasteiger partial charge >= 0.3 is 0 Å². The Bertz CT molecular complexity index is 696. The van der Waals surface area contributed by atoms with Crippen molar-refractivity contribution in [2.45, 2.75) is 57.1 Å². The van der Waals surface area contributed by atoms with E-state index in [0.717, 1.165) is 25.1 Å². The largest absolute Gasteiger partial charge is 0.490 e. The Morgan fingerprint density at radius 3 is 2.42 bits per heavy atom. The Labute approximate surface area is 157 Å². The zero-order chi connectivity index (χ0) is 17.8. The summed E-state index contributed by atoms with van der Waals surface area (Å²) in [5, 5.41) is 2.05. The molecule has 26 heavy (non-hydrogen) atoms. The topological polar surface area (TPSA) is 38.5 Å². The van der Waals surface area contributed by atoms with Gasteiger partial charge in [0.2, 0.25) is 0 Å². The minimum atomic E-state index is 0.282. The zero-order valence-corrected chi connectivity index (χ0v) is 15.5. The van der Waals surface area contributed by atoms with Crippen LogP contribution in [0.1, 0.15) is 55.7 Å². The molecule has 0 bridgehead atoms. The molecule has 2 aromatic rings. The molecule has 0 radical (unpaired) electrons. The summed E-state index contributed by atoms with van der Waals surface area (Å²) < 4.78 is 6.37. The molecule has 4 rings (SSSR count). The van der Waals surface area contributed by atoms with E-state index in [4.69, 9.17) is 10.6 Å². The fraction of sp³-hybridized carbons (Fsp3) is 0.478. The number of nitrogens with zero attached hydrogens (tertiary/aromatic N) is 1. The number of para-hydroxylation sites is 1. The van der Waals surface area contributed by atoms with Gasteiger partial charge in [-0.1, -0.05) is 48.5 Å². The second-order valence-corrected chi connectivity index (χ2v) is 7.83. The molecule has 2 atom stereocenters. The molecule has 1 aliphatic heterocycles. The summed E-state index contributed by atoms with van der Waals surface area (Å²) in [6.07, 6.45) is 8.79. The van der Waals surface area contributed by atoms with Crippen LogP contribution in [0.25, 0.3) is 0 Å². The van der Waals surface area contributed by atoms with Gasteiger partial charge in [-0.25, -0.2) is 5.01 Å². The van der Waals surface area contributed by atoms with E-state index in [-0.39, 0.29) is 6.04 Å². The number of hydrogen-bond acceptors (Lipinski definition) is 3. The SMILES string of the molecule is NN1CCC[C@@H](Cc2ccccc2OC2CCCC2)[C@H]1c1ccccc1. The standard InChI is InChI=1S/C23H30N2O/c24-25-16-8-12-20(23(25)18-9-2-1-3-10-18)17-19-11-4-7-15-22(19)26-21-13-5-6-14-21/h1-4,7,9-11,15,20-21,23H,5-6,8,12-14,16-17,24H2/t20-,23+/m0/s1. The van der Waals surface area contributed by atoms with Crippen LogP contribution in [-0.4, -0.2) is 17.7 Å². The van der Waals surface area contributed by atoms with Crippen LogP contribution in [0.3, 0.4) is 0 Å². The van der Waals surface area contributed by atoms with Crippen molar-refractivity contribution in [3.8, 4) is 5.75 Å². The number of hydrogen-bond donors (Lipinski definition) is 1. The lowest BCUT2D eigenvalue weighted by atomic mass is 9.81. The normalized spacial score (nSPS) is 24.7. The Morgan fingerprint density at radius 2 is 1.62 bits per heavy atom. The first kappa shape index (κ1) is 17.6. The van der Waals surface area contributed by atoms with E-state index in [1.54, 1.807) is 0 Å². The first-order valence-electron chi connectivity index (χ1n) is 10.1. The molecule has 3 heteroatoms. The molecule has 3 nitrogen and oxygen atoms in total. The minimum absolute atomic E-state index is 0.282. The summed E-state index contributed by atoms with van der Waals surface area (Å²) >= 11 is 0. The summed E-state index contributed by atoms with van der Waals surface area (Å²) in [5.41, 5.74) is 2.66. The van der Waals surface area contributed by atoms with Gasteiger partial charge < -0.3 is 4.74 Å². The van der Waals surface area contributed by atoms with Crippen molar-refractivity contribution >= 4 is 0 Å². The van der Waals surface area contributed by atoms with E-state index in [2.05, 4.69) is 54.6 Å². The van der Waals surface area contributed by atoms with Crippen LogP contribution in [0.4, 0.5) is 0 Å². The first-order valence-corrected chi connectivity index (χ1v) is 10.1. The highest BCUT2D eigenvalue weighted by Crippen LogP contribution is 2.38. The third kappa shape index (κ3) is 3.94. The van der Waals surface area contributed by atoms with E-state index in [9.17, 15) is 0 Å². The molecular weight excluding hydrogens is 320 g/mol. The van der Waals surface area contributed by atoms with Crippen molar-refractivity contribution in [1.82, 2.24) is 5.01 Å². The van der Waals surface area contributed by atoms with Gasteiger partial charge in [-0.3, -0.25) is 5.84 Å². The molecule has 138 valence electrons. The van der Waals surface area contributed by atoms with Gasteiger partial charge in [0.15, 0.2) is 0 Å². The quantitative estimate of drug-likeness (QED) is 0.781. The summed E-state index contributed by atoms with van der Waals surface area (Å²) in [5.74, 6) is 8.03. The molecule has 1 saturated carbocycles. The Hall–Kier alpha value is -1.84. The summed E-state index contributed by atoms with van der Waals surface area (Å²) in [6, 6.07) is 19.6. The maximum Gasteiger partial charge on any atom is 0.122 e. The van der Waals surface area contributed by atoms with Crippen LogP contribution < -0.4 is 10.6 Å². The van der Waals surface area contributed by atoms with Crippen molar-refractivity contribution in [1.29, 1.82) is 0 Å². The average molecular weight is 351 g/mol. The molecule has 0 aromatic heterocycles. The molecule has 0 amide bonds. The van der Waals surface area contributed by atoms with Crippen LogP contribution >= 0.6 is 0 Å². The number of piperidine rings is 1. The van der Waals surface area contributed by atoms with Gasteiger partial charge in [-0.05, 0) is 68.1 Å². The van der Waals surface area contributed by atoms with Gasteiger partial charge in [0.05, 0.1) is 12.1 Å². The van der Waals surface area contributed by atoms with E-state index < -0.39 is 0 Å². The number of hydrazine groups is 1. The summed E-state index contributed by atoms with van der Waals surface area (Å²) in [7, 11) is 0. The molecule has 2 fully saturated rings. The van der Waals surface area contributed by atoms with Crippen LogP contribution in [0.15, 0.2) is 54.6 Å². The van der Waals surface area contributed by atoms with Gasteiger partial charge in [-0.15, -0.1) is 0 Å². The highest BCUT2D eigenvalue weighted by Gasteiger charge is 2.31. The number of benzene rings is 2. The van der Waals surface area contributed by atoms with Crippen LogP contribution in [0.5, 0.6) is 5.75 Å². The van der Waals surface area contributed by atoms with Crippen molar-refractivity contribution in [3.05, 3.63) is 65.7 Å². The molecule has 2 N–H and O–H groups in total. The highest BCUT2D eigenvalue weighted by molar-refractivity contribution is 5.34. The van der Waals surface area contributed by atoms with Crippen LogP contribution in [0.2, 0.25) is 0 Å².